The third kappa shape index (κ3) is 4.82. The second-order valence-electron chi connectivity index (χ2n) is 7.27. The number of carbonyl (C=O) groups is 1. The van der Waals surface area contributed by atoms with Crippen molar-refractivity contribution in [2.75, 3.05) is 17.3 Å². The Bertz CT molecular complexity index is 1490. The SMILES string of the molecule is CCS(=O)(=O)c1cc(C(=O)N=S(=O)(CC)CC)cnc1-c1nc2cc(C(F)(F)F)ncc2n1C. The van der Waals surface area contributed by atoms with Crippen LogP contribution in [0.5, 0.6) is 0 Å². The second-order valence-corrected chi connectivity index (χ2v) is 12.4. The first-order valence-corrected chi connectivity index (χ1v) is 13.7. The molecule has 184 valence electrons. The molecule has 0 aliphatic rings. The molecule has 0 aromatic carbocycles. The van der Waals surface area contributed by atoms with Gasteiger partial charge >= 0.3 is 6.18 Å². The van der Waals surface area contributed by atoms with Gasteiger partial charge in [0.2, 0.25) is 0 Å². The van der Waals surface area contributed by atoms with Gasteiger partial charge in [-0.2, -0.15) is 17.5 Å². The summed E-state index contributed by atoms with van der Waals surface area (Å²) in [4.78, 5) is 24.0. The van der Waals surface area contributed by atoms with Crippen molar-refractivity contribution in [1.29, 1.82) is 0 Å². The first-order valence-electron chi connectivity index (χ1n) is 10.2. The molecule has 0 bridgehead atoms. The minimum absolute atomic E-state index is 0.0231. The zero-order valence-electron chi connectivity index (χ0n) is 18.8. The lowest BCUT2D eigenvalue weighted by Gasteiger charge is -2.10. The number of alkyl halides is 3. The fourth-order valence-electron chi connectivity index (χ4n) is 3.11. The molecular formula is C20H22F3N5O4S2. The van der Waals surface area contributed by atoms with Crippen LogP contribution in [0.15, 0.2) is 33.8 Å². The second kappa shape index (κ2) is 9.06. The molecule has 0 saturated carbocycles. The number of sulfone groups is 1. The van der Waals surface area contributed by atoms with Crippen molar-refractivity contribution in [2.45, 2.75) is 31.8 Å². The van der Waals surface area contributed by atoms with E-state index in [1.165, 1.54) is 18.5 Å². The maximum Gasteiger partial charge on any atom is 0.433 e. The van der Waals surface area contributed by atoms with Gasteiger partial charge in [-0.25, -0.2) is 22.6 Å². The van der Waals surface area contributed by atoms with E-state index in [9.17, 15) is 30.6 Å². The first kappa shape index (κ1) is 25.7. The Kier molecular flexibility index (Phi) is 6.86. The highest BCUT2D eigenvalue weighted by Gasteiger charge is 2.33. The van der Waals surface area contributed by atoms with Crippen LogP contribution in [0.2, 0.25) is 0 Å². The molecule has 0 spiro atoms. The van der Waals surface area contributed by atoms with Crippen LogP contribution in [0.1, 0.15) is 36.8 Å². The van der Waals surface area contributed by atoms with Gasteiger partial charge in [-0.1, -0.05) is 20.8 Å². The lowest BCUT2D eigenvalue weighted by Crippen LogP contribution is -2.13. The van der Waals surface area contributed by atoms with Gasteiger partial charge in [-0.15, -0.1) is 0 Å². The smallest absolute Gasteiger partial charge is 0.324 e. The number of aromatic nitrogens is 4. The van der Waals surface area contributed by atoms with E-state index in [2.05, 4.69) is 19.3 Å². The molecule has 0 atom stereocenters. The molecule has 3 aromatic heterocycles. The number of halogens is 3. The molecule has 1 amide bonds. The number of hydrogen-bond acceptors (Lipinski definition) is 7. The van der Waals surface area contributed by atoms with Crippen LogP contribution in [0, 0.1) is 0 Å². The minimum atomic E-state index is -4.68. The zero-order valence-corrected chi connectivity index (χ0v) is 20.4. The number of hydrogen-bond donors (Lipinski definition) is 0. The van der Waals surface area contributed by atoms with Crippen molar-refractivity contribution in [3.05, 3.63) is 35.8 Å². The van der Waals surface area contributed by atoms with E-state index in [0.717, 1.165) is 24.5 Å². The summed E-state index contributed by atoms with van der Waals surface area (Å²) < 4.78 is 82.5. The fourth-order valence-corrected chi connectivity index (χ4v) is 5.24. The van der Waals surface area contributed by atoms with Crippen LogP contribution in [-0.2, 0) is 32.8 Å². The predicted molar refractivity (Wildman–Crippen MR) is 120 cm³/mol. The molecule has 0 radical (unpaired) electrons. The number of carbonyl (C=O) groups excluding carboxylic acids is 1. The normalized spacial score (nSPS) is 12.8. The average Bonchev–Trinajstić information content (AvgIpc) is 3.13. The van der Waals surface area contributed by atoms with Crippen molar-refractivity contribution in [2.24, 2.45) is 11.4 Å². The Morgan fingerprint density at radius 1 is 1.03 bits per heavy atom. The third-order valence-corrected chi connectivity index (χ3v) is 9.28. The van der Waals surface area contributed by atoms with Crippen LogP contribution in [0.3, 0.4) is 0 Å². The lowest BCUT2D eigenvalue weighted by atomic mass is 10.2. The zero-order chi connectivity index (χ0) is 25.5. The summed E-state index contributed by atoms with van der Waals surface area (Å²) in [5.74, 6) is -0.932. The monoisotopic (exact) mass is 517 g/mol. The van der Waals surface area contributed by atoms with E-state index in [1.54, 1.807) is 13.8 Å². The Labute approximate surface area is 194 Å². The quantitative estimate of drug-likeness (QED) is 0.490. The van der Waals surface area contributed by atoms with E-state index >= 15 is 0 Å². The van der Waals surface area contributed by atoms with E-state index < -0.39 is 37.3 Å². The molecule has 0 fully saturated rings. The minimum Gasteiger partial charge on any atom is -0.324 e. The number of rotatable bonds is 6. The molecule has 3 rings (SSSR count). The molecule has 0 N–H and O–H groups in total. The van der Waals surface area contributed by atoms with Gasteiger partial charge in [-0.05, 0) is 12.1 Å². The van der Waals surface area contributed by atoms with Crippen molar-refractivity contribution in [3.8, 4) is 11.5 Å². The van der Waals surface area contributed by atoms with E-state index in [-0.39, 0.29) is 50.3 Å². The topological polar surface area (TPSA) is 124 Å². The van der Waals surface area contributed by atoms with Crippen molar-refractivity contribution >= 4 is 36.5 Å². The molecule has 0 saturated heterocycles. The van der Waals surface area contributed by atoms with Crippen LogP contribution in [0.4, 0.5) is 13.2 Å². The molecule has 0 aliphatic heterocycles. The summed E-state index contributed by atoms with van der Waals surface area (Å²) in [5.41, 5.74) is -1.28. The van der Waals surface area contributed by atoms with Crippen LogP contribution in [-0.4, -0.2) is 55.3 Å². The molecule has 34 heavy (non-hydrogen) atoms. The Morgan fingerprint density at radius 2 is 1.68 bits per heavy atom. The van der Waals surface area contributed by atoms with Gasteiger partial charge in [-0.3, -0.25) is 9.78 Å². The fraction of sp³-hybridized carbons (Fsp3) is 0.400. The Balaban J connectivity index is 2.25. The molecule has 0 aliphatic carbocycles. The standard InChI is InChI=1S/C20H22F3N5O4S2/c1-5-33(30,6-2)27-19(29)12-8-15(34(31,32)7-3)17(25-10-12)18-26-13-9-16(20(21,22)23)24-11-14(13)28(18)4/h8-11H,5-7H2,1-4H3. The predicted octanol–water partition coefficient (Wildman–Crippen LogP) is 3.49. The third-order valence-electron chi connectivity index (χ3n) is 5.24. The maximum atomic E-state index is 13.1. The van der Waals surface area contributed by atoms with Crippen molar-refractivity contribution in [1.82, 2.24) is 19.5 Å². The highest BCUT2D eigenvalue weighted by molar-refractivity contribution is 7.93. The Hall–Kier alpha value is -2.87. The maximum absolute atomic E-state index is 13.1. The van der Waals surface area contributed by atoms with Gasteiger partial charge in [0.05, 0.1) is 43.2 Å². The van der Waals surface area contributed by atoms with Gasteiger partial charge in [0.25, 0.3) is 5.91 Å². The lowest BCUT2D eigenvalue weighted by molar-refractivity contribution is -0.141. The summed E-state index contributed by atoms with van der Waals surface area (Å²) in [6.45, 7) is 4.65. The number of amides is 1. The molecule has 14 heteroatoms. The highest BCUT2D eigenvalue weighted by Crippen LogP contribution is 2.32. The summed E-state index contributed by atoms with van der Waals surface area (Å²) in [7, 11) is -5.25. The Morgan fingerprint density at radius 3 is 2.24 bits per heavy atom. The van der Waals surface area contributed by atoms with Crippen molar-refractivity contribution < 1.29 is 30.6 Å². The number of fused-ring (bicyclic) bond motifs is 1. The number of aryl methyl sites for hydroxylation is 1. The van der Waals surface area contributed by atoms with Crippen LogP contribution < -0.4 is 0 Å². The molecular weight excluding hydrogens is 495 g/mol. The highest BCUT2D eigenvalue weighted by atomic mass is 32.2. The summed E-state index contributed by atoms with van der Waals surface area (Å²) in [6, 6.07) is 1.84. The molecule has 0 unspecified atom stereocenters. The van der Waals surface area contributed by atoms with E-state index in [4.69, 9.17) is 0 Å². The summed E-state index contributed by atoms with van der Waals surface area (Å²) >= 11 is 0. The van der Waals surface area contributed by atoms with Crippen LogP contribution in [0.25, 0.3) is 22.6 Å². The van der Waals surface area contributed by atoms with Gasteiger partial charge in [0, 0.05) is 24.8 Å². The average molecular weight is 518 g/mol. The summed E-state index contributed by atoms with van der Waals surface area (Å²) in [5, 5.41) is 0. The van der Waals surface area contributed by atoms with Crippen molar-refractivity contribution in [3.63, 3.8) is 0 Å². The number of imidazole rings is 1. The number of nitrogens with zero attached hydrogens (tertiary/aromatic N) is 5. The van der Waals surface area contributed by atoms with Gasteiger partial charge < -0.3 is 4.57 Å². The first-order chi connectivity index (χ1) is 15.8. The van der Waals surface area contributed by atoms with E-state index in [1.807, 2.05) is 0 Å². The molecule has 3 aromatic rings. The van der Waals surface area contributed by atoms with Crippen LogP contribution >= 0.6 is 0 Å². The van der Waals surface area contributed by atoms with Gasteiger partial charge in [0.1, 0.15) is 11.4 Å². The largest absolute Gasteiger partial charge is 0.433 e. The van der Waals surface area contributed by atoms with E-state index in [0.29, 0.717) is 0 Å². The van der Waals surface area contributed by atoms with Gasteiger partial charge in [0.15, 0.2) is 15.7 Å². The molecule has 3 heterocycles. The number of pyridine rings is 2. The molecule has 9 nitrogen and oxygen atoms in total. The summed E-state index contributed by atoms with van der Waals surface area (Å²) in [6.07, 6.45) is -2.60.